The zero-order valence-corrected chi connectivity index (χ0v) is 17.0. The number of aromatic nitrogens is 2. The van der Waals surface area contributed by atoms with E-state index in [1.165, 1.54) is 18.5 Å². The Morgan fingerprint density at radius 2 is 1.89 bits per heavy atom. The first kappa shape index (κ1) is 18.8. The van der Waals surface area contributed by atoms with Crippen molar-refractivity contribution in [2.45, 2.75) is 63.3 Å². The molecule has 2 saturated carbocycles. The van der Waals surface area contributed by atoms with Crippen LogP contribution in [0.25, 0.3) is 0 Å². The number of nitrogens with zero attached hydrogens (tertiary/aromatic N) is 2. The monoisotopic (exact) mass is 383 g/mol. The van der Waals surface area contributed by atoms with Gasteiger partial charge in [0, 0.05) is 24.2 Å². The minimum Gasteiger partial charge on any atom is -0.493 e. The van der Waals surface area contributed by atoms with Crippen molar-refractivity contribution >= 4 is 11.7 Å². The molecule has 1 heterocycles. The summed E-state index contributed by atoms with van der Waals surface area (Å²) in [6, 6.07) is 7.88. The zero-order chi connectivity index (χ0) is 19.7. The van der Waals surface area contributed by atoms with Crippen molar-refractivity contribution in [2.24, 2.45) is 0 Å². The highest BCUT2D eigenvalue weighted by atomic mass is 16.5. The topological polar surface area (TPSA) is 65.4 Å². The van der Waals surface area contributed by atoms with Crippen LogP contribution in [0.4, 0.5) is 5.82 Å². The van der Waals surface area contributed by atoms with Crippen molar-refractivity contribution in [3.8, 4) is 11.5 Å². The Morgan fingerprint density at radius 3 is 2.50 bits per heavy atom. The van der Waals surface area contributed by atoms with E-state index < -0.39 is 5.41 Å². The average Bonchev–Trinajstić information content (AvgIpc) is 3.29. The third kappa shape index (κ3) is 3.25. The predicted octanol–water partition coefficient (Wildman–Crippen LogP) is 4.25. The van der Waals surface area contributed by atoms with E-state index in [0.29, 0.717) is 23.2 Å². The summed E-state index contributed by atoms with van der Waals surface area (Å²) in [6.45, 7) is 2.91. The minimum atomic E-state index is -0.546. The zero-order valence-electron chi connectivity index (χ0n) is 17.0. The molecule has 1 aromatic carbocycles. The van der Waals surface area contributed by atoms with E-state index in [9.17, 15) is 4.79 Å². The Balaban J connectivity index is 1.63. The van der Waals surface area contributed by atoms with E-state index in [0.717, 1.165) is 37.8 Å². The first-order chi connectivity index (χ1) is 13.6. The fourth-order valence-corrected chi connectivity index (χ4v) is 4.45. The van der Waals surface area contributed by atoms with Crippen LogP contribution in [-0.2, 0) is 16.8 Å². The molecule has 0 radical (unpaired) electrons. The maximum Gasteiger partial charge on any atom is 0.236 e. The maximum absolute atomic E-state index is 13.5. The van der Waals surface area contributed by atoms with E-state index in [2.05, 4.69) is 23.4 Å². The van der Waals surface area contributed by atoms with E-state index in [1.54, 1.807) is 14.2 Å². The Kier molecular flexibility index (Phi) is 5.04. The van der Waals surface area contributed by atoms with Gasteiger partial charge in [-0.1, -0.05) is 18.9 Å². The van der Waals surface area contributed by atoms with Gasteiger partial charge in [-0.2, -0.15) is 5.10 Å². The van der Waals surface area contributed by atoms with Gasteiger partial charge in [-0.05, 0) is 50.3 Å². The molecule has 0 atom stereocenters. The molecule has 2 aliphatic carbocycles. The van der Waals surface area contributed by atoms with Gasteiger partial charge in [-0.25, -0.2) is 0 Å². The summed E-state index contributed by atoms with van der Waals surface area (Å²) in [4.78, 5) is 13.5. The normalized spacial score (nSPS) is 18.1. The van der Waals surface area contributed by atoms with Crippen LogP contribution in [0.5, 0.6) is 11.5 Å². The molecule has 1 N–H and O–H groups in total. The van der Waals surface area contributed by atoms with Crippen molar-refractivity contribution < 1.29 is 14.3 Å². The fraction of sp³-hybridized carbons (Fsp3) is 0.545. The Bertz CT molecular complexity index is 864. The number of anilines is 1. The molecule has 0 bridgehead atoms. The molecule has 1 aromatic heterocycles. The maximum atomic E-state index is 13.5. The van der Waals surface area contributed by atoms with Crippen molar-refractivity contribution in [1.82, 2.24) is 9.78 Å². The first-order valence-electron chi connectivity index (χ1n) is 10.2. The summed E-state index contributed by atoms with van der Waals surface area (Å²) >= 11 is 0. The number of methoxy groups -OCH3 is 2. The molecule has 2 aliphatic rings. The molecule has 4 rings (SSSR count). The van der Waals surface area contributed by atoms with Gasteiger partial charge >= 0.3 is 0 Å². The van der Waals surface area contributed by atoms with E-state index in [1.807, 2.05) is 22.9 Å². The molecule has 0 unspecified atom stereocenters. The standard InChI is InChI=1S/C22H29N3O3/c1-4-25-17(15-7-8-15)14-20(24-25)23-21(26)22(11-5-6-12-22)16-9-10-18(27-2)19(13-16)28-3/h9-10,13-15H,4-8,11-12H2,1-3H3,(H,23,24,26). The van der Waals surface area contributed by atoms with Crippen LogP contribution in [0.3, 0.4) is 0 Å². The Hall–Kier alpha value is -2.50. The van der Waals surface area contributed by atoms with Crippen molar-refractivity contribution in [3.05, 3.63) is 35.5 Å². The number of benzene rings is 1. The van der Waals surface area contributed by atoms with Gasteiger partial charge in [-0.3, -0.25) is 9.48 Å². The van der Waals surface area contributed by atoms with Crippen LogP contribution in [0.1, 0.15) is 62.6 Å². The molecule has 1 amide bonds. The fourth-order valence-electron chi connectivity index (χ4n) is 4.45. The lowest BCUT2D eigenvalue weighted by molar-refractivity contribution is -0.121. The highest BCUT2D eigenvalue weighted by Gasteiger charge is 2.43. The number of rotatable bonds is 7. The molecule has 2 aromatic rings. The lowest BCUT2D eigenvalue weighted by atomic mass is 9.77. The minimum absolute atomic E-state index is 0.0281. The molecule has 0 aliphatic heterocycles. The lowest BCUT2D eigenvalue weighted by Crippen LogP contribution is -2.38. The van der Waals surface area contributed by atoms with E-state index in [-0.39, 0.29) is 5.91 Å². The van der Waals surface area contributed by atoms with Gasteiger partial charge in [0.15, 0.2) is 17.3 Å². The van der Waals surface area contributed by atoms with Crippen molar-refractivity contribution in [3.63, 3.8) is 0 Å². The van der Waals surface area contributed by atoms with Crippen LogP contribution < -0.4 is 14.8 Å². The molecule has 0 saturated heterocycles. The number of ether oxygens (including phenoxy) is 2. The Morgan fingerprint density at radius 1 is 1.18 bits per heavy atom. The van der Waals surface area contributed by atoms with Crippen LogP contribution in [0.2, 0.25) is 0 Å². The number of aryl methyl sites for hydroxylation is 1. The van der Waals surface area contributed by atoms with Gasteiger partial charge in [0.2, 0.25) is 5.91 Å². The second-order valence-electron chi connectivity index (χ2n) is 7.86. The van der Waals surface area contributed by atoms with Gasteiger partial charge in [0.25, 0.3) is 0 Å². The number of hydrogen-bond donors (Lipinski definition) is 1. The number of hydrogen-bond acceptors (Lipinski definition) is 4. The molecular formula is C22H29N3O3. The predicted molar refractivity (Wildman–Crippen MR) is 108 cm³/mol. The molecule has 0 spiro atoms. The van der Waals surface area contributed by atoms with E-state index >= 15 is 0 Å². The number of amides is 1. The third-order valence-corrected chi connectivity index (χ3v) is 6.18. The molecular weight excluding hydrogens is 354 g/mol. The van der Waals surface area contributed by atoms with Crippen LogP contribution in [-0.4, -0.2) is 29.9 Å². The molecule has 6 nitrogen and oxygen atoms in total. The summed E-state index contributed by atoms with van der Waals surface area (Å²) in [5.41, 5.74) is 1.68. The molecule has 150 valence electrons. The quantitative estimate of drug-likeness (QED) is 0.776. The summed E-state index contributed by atoms with van der Waals surface area (Å²) in [7, 11) is 3.25. The number of carbonyl (C=O) groups excluding carboxylic acids is 1. The average molecular weight is 383 g/mol. The summed E-state index contributed by atoms with van der Waals surface area (Å²) in [5.74, 6) is 2.63. The van der Waals surface area contributed by atoms with Crippen molar-refractivity contribution in [1.29, 1.82) is 0 Å². The van der Waals surface area contributed by atoms with Gasteiger partial charge in [-0.15, -0.1) is 0 Å². The highest BCUT2D eigenvalue weighted by Crippen LogP contribution is 2.45. The van der Waals surface area contributed by atoms with Gasteiger partial charge in [0.05, 0.1) is 19.6 Å². The van der Waals surface area contributed by atoms with Crippen LogP contribution in [0, 0.1) is 0 Å². The second-order valence-corrected chi connectivity index (χ2v) is 7.86. The third-order valence-electron chi connectivity index (χ3n) is 6.18. The largest absolute Gasteiger partial charge is 0.493 e. The summed E-state index contributed by atoms with van der Waals surface area (Å²) in [6.07, 6.45) is 6.18. The van der Waals surface area contributed by atoms with Crippen LogP contribution >= 0.6 is 0 Å². The Labute approximate surface area is 166 Å². The van der Waals surface area contributed by atoms with Gasteiger partial charge in [0.1, 0.15) is 0 Å². The summed E-state index contributed by atoms with van der Waals surface area (Å²) < 4.78 is 12.9. The molecule has 6 heteroatoms. The summed E-state index contributed by atoms with van der Waals surface area (Å²) in [5, 5.41) is 7.75. The smallest absolute Gasteiger partial charge is 0.236 e. The molecule has 28 heavy (non-hydrogen) atoms. The highest BCUT2D eigenvalue weighted by molar-refractivity contribution is 5.99. The SMILES string of the molecule is CCn1nc(NC(=O)C2(c3ccc(OC)c(OC)c3)CCCC2)cc1C1CC1. The lowest BCUT2D eigenvalue weighted by Gasteiger charge is -2.28. The number of carbonyl (C=O) groups is 1. The molecule has 2 fully saturated rings. The number of nitrogens with one attached hydrogen (secondary N) is 1. The second kappa shape index (κ2) is 7.49. The van der Waals surface area contributed by atoms with Crippen LogP contribution in [0.15, 0.2) is 24.3 Å². The van der Waals surface area contributed by atoms with Crippen molar-refractivity contribution in [2.75, 3.05) is 19.5 Å². The first-order valence-corrected chi connectivity index (χ1v) is 10.2. The van der Waals surface area contributed by atoms with Gasteiger partial charge < -0.3 is 14.8 Å². The van der Waals surface area contributed by atoms with E-state index in [4.69, 9.17) is 9.47 Å².